The Hall–Kier alpha value is 1.06. The quantitative estimate of drug-likeness (QED) is 0.397. The average molecular weight is 235 g/mol. The number of hydrogen-bond donors (Lipinski definition) is 2. The van der Waals surface area contributed by atoms with Gasteiger partial charge >= 0.3 is 37.7 Å². The van der Waals surface area contributed by atoms with Crippen molar-refractivity contribution in [2.45, 2.75) is 19.8 Å². The Morgan fingerprint density at radius 3 is 1.93 bits per heavy atom. The maximum absolute atomic E-state index is 8.51. The van der Waals surface area contributed by atoms with Gasteiger partial charge in [0.05, 0.1) is 33.0 Å². The summed E-state index contributed by atoms with van der Waals surface area (Å²) < 4.78 is 0. The Kier molecular flexibility index (Phi) is 17.5. The molecule has 0 saturated heterocycles. The number of unbranched alkanes of at least 4 members (excludes halogenated alkanes) is 1. The molecule has 0 heterocycles. The van der Waals surface area contributed by atoms with Crippen LogP contribution in [0.1, 0.15) is 19.8 Å². The molecule has 0 amide bonds. The maximum atomic E-state index is 8.51. The molecule has 0 spiro atoms. The molecular weight excluding hydrogens is 214 g/mol. The minimum atomic E-state index is -0.0366. The zero-order chi connectivity index (χ0) is 9.94. The van der Waals surface area contributed by atoms with Crippen molar-refractivity contribution in [3.05, 3.63) is 0 Å². The van der Waals surface area contributed by atoms with Gasteiger partial charge in [-0.25, -0.2) is 0 Å². The molecule has 0 fully saturated rings. The van der Waals surface area contributed by atoms with Crippen molar-refractivity contribution in [2.75, 3.05) is 33.0 Å². The zero-order valence-corrected chi connectivity index (χ0v) is 8.11. The van der Waals surface area contributed by atoms with E-state index in [1.807, 2.05) is 0 Å². The van der Waals surface area contributed by atoms with E-state index in [9.17, 15) is 0 Å². The van der Waals surface area contributed by atoms with E-state index >= 15 is 0 Å². The second-order valence-electron chi connectivity index (χ2n) is 2.52. The molecule has 0 bridgehead atoms. The van der Waals surface area contributed by atoms with E-state index in [4.69, 9.17) is 19.9 Å². The third-order valence-corrected chi connectivity index (χ3v) is 1.35. The fourth-order valence-corrected chi connectivity index (χ4v) is 0.739. The van der Waals surface area contributed by atoms with E-state index in [1.54, 1.807) is 0 Å². The van der Waals surface area contributed by atoms with Crippen molar-refractivity contribution in [2.24, 2.45) is 0 Å². The molecule has 5 nitrogen and oxygen atoms in total. The summed E-state index contributed by atoms with van der Waals surface area (Å²) in [5.74, 6) is 0. The van der Waals surface area contributed by atoms with Crippen LogP contribution >= 0.6 is 0 Å². The molecule has 0 aliphatic heterocycles. The molecule has 0 atom stereocenters. The third-order valence-electron chi connectivity index (χ3n) is 1.35. The SMILES string of the molecule is CCCCN(OCCO)OCCO.[CaH2]. The van der Waals surface area contributed by atoms with E-state index in [-0.39, 0.29) is 64.2 Å². The predicted molar refractivity (Wildman–Crippen MR) is 56.2 cm³/mol. The third kappa shape index (κ3) is 11.1. The Bertz CT molecular complexity index is 88.3. The summed E-state index contributed by atoms with van der Waals surface area (Å²) in [6.45, 7) is 3.08. The van der Waals surface area contributed by atoms with Crippen molar-refractivity contribution in [3.8, 4) is 0 Å². The molecule has 0 aromatic heterocycles. The molecule has 0 radical (unpaired) electrons. The van der Waals surface area contributed by atoms with Crippen LogP contribution in [0, 0.1) is 0 Å². The minimum absolute atomic E-state index is 0. The molecule has 0 aliphatic carbocycles. The monoisotopic (exact) mass is 235 g/mol. The standard InChI is InChI=1S/C8H19NO4.Ca.2H/c1-2-3-4-9(12-7-5-10)13-8-6-11;;;/h10-11H,2-8H2,1H3;;;. The summed E-state index contributed by atoms with van der Waals surface area (Å²) >= 11 is 0. The Labute approximate surface area is 115 Å². The number of aliphatic hydroxyl groups is 2. The topological polar surface area (TPSA) is 62.2 Å². The van der Waals surface area contributed by atoms with Gasteiger partial charge in [0.15, 0.2) is 0 Å². The molecule has 14 heavy (non-hydrogen) atoms. The first kappa shape index (κ1) is 17.5. The van der Waals surface area contributed by atoms with Gasteiger partial charge in [-0.2, -0.15) is 0 Å². The van der Waals surface area contributed by atoms with Crippen molar-refractivity contribution in [1.82, 2.24) is 5.23 Å². The van der Waals surface area contributed by atoms with Gasteiger partial charge in [-0.05, 0) is 6.42 Å². The first-order chi connectivity index (χ1) is 6.35. The van der Waals surface area contributed by atoms with Crippen molar-refractivity contribution >= 4 is 37.7 Å². The van der Waals surface area contributed by atoms with Crippen molar-refractivity contribution < 1.29 is 19.9 Å². The number of rotatable bonds is 9. The van der Waals surface area contributed by atoms with Gasteiger partial charge in [0, 0.05) is 0 Å². The molecule has 0 aromatic carbocycles. The molecule has 6 heteroatoms. The summed E-state index contributed by atoms with van der Waals surface area (Å²) in [7, 11) is 0. The molecule has 2 N–H and O–H groups in total. The summed E-state index contributed by atoms with van der Waals surface area (Å²) in [6.07, 6.45) is 2.00. The van der Waals surface area contributed by atoms with Gasteiger partial charge in [0.25, 0.3) is 0 Å². The van der Waals surface area contributed by atoms with Crippen LogP contribution in [0.5, 0.6) is 0 Å². The van der Waals surface area contributed by atoms with Crippen LogP contribution in [-0.4, -0.2) is 86.2 Å². The predicted octanol–water partition coefficient (Wildman–Crippen LogP) is -0.980. The number of aliphatic hydroxyl groups excluding tert-OH is 2. The second kappa shape index (κ2) is 14.1. The van der Waals surface area contributed by atoms with Crippen LogP contribution in [0.4, 0.5) is 0 Å². The molecule has 0 rings (SSSR count). The number of nitrogens with zero attached hydrogens (tertiary/aromatic N) is 1. The normalized spacial score (nSPS) is 10.3. The summed E-state index contributed by atoms with van der Waals surface area (Å²) in [5, 5.41) is 18.3. The van der Waals surface area contributed by atoms with Crippen LogP contribution in [0.2, 0.25) is 0 Å². The number of hydrogen-bond acceptors (Lipinski definition) is 5. The number of hydroxylamine groups is 2. The second-order valence-corrected chi connectivity index (χ2v) is 2.52. The fraction of sp³-hybridized carbons (Fsp3) is 1.00. The Morgan fingerprint density at radius 2 is 1.57 bits per heavy atom. The summed E-state index contributed by atoms with van der Waals surface area (Å²) in [6, 6.07) is 0. The van der Waals surface area contributed by atoms with Crippen LogP contribution in [-0.2, 0) is 9.68 Å². The van der Waals surface area contributed by atoms with Gasteiger partial charge in [-0.1, -0.05) is 18.6 Å². The first-order valence-corrected chi connectivity index (χ1v) is 4.60. The molecule has 0 unspecified atom stereocenters. The molecule has 0 aliphatic rings. The van der Waals surface area contributed by atoms with E-state index in [1.165, 1.54) is 5.23 Å². The van der Waals surface area contributed by atoms with Gasteiger partial charge < -0.3 is 10.2 Å². The molecule has 0 saturated carbocycles. The van der Waals surface area contributed by atoms with Crippen LogP contribution in [0.3, 0.4) is 0 Å². The van der Waals surface area contributed by atoms with Crippen molar-refractivity contribution in [1.29, 1.82) is 0 Å². The van der Waals surface area contributed by atoms with Crippen LogP contribution < -0.4 is 0 Å². The van der Waals surface area contributed by atoms with Gasteiger partial charge in [0.1, 0.15) is 0 Å². The average Bonchev–Trinajstić information content (AvgIpc) is 2.17. The molecule has 0 aromatic rings. The van der Waals surface area contributed by atoms with Gasteiger partial charge in [-0.15, -0.1) is 0 Å². The van der Waals surface area contributed by atoms with Gasteiger partial charge in [-0.3, -0.25) is 9.68 Å². The van der Waals surface area contributed by atoms with Crippen LogP contribution in [0.15, 0.2) is 0 Å². The van der Waals surface area contributed by atoms with Crippen LogP contribution in [0.25, 0.3) is 0 Å². The Balaban J connectivity index is 0. The Morgan fingerprint density at radius 1 is 1.07 bits per heavy atom. The molecular formula is C8H21CaNO4. The molecule has 84 valence electrons. The van der Waals surface area contributed by atoms with E-state index < -0.39 is 0 Å². The van der Waals surface area contributed by atoms with E-state index in [0.717, 1.165) is 12.8 Å². The van der Waals surface area contributed by atoms with E-state index in [2.05, 4.69) is 6.92 Å². The fourth-order valence-electron chi connectivity index (χ4n) is 0.739. The van der Waals surface area contributed by atoms with Gasteiger partial charge in [0.2, 0.25) is 0 Å². The summed E-state index contributed by atoms with van der Waals surface area (Å²) in [5.41, 5.74) is 0. The first-order valence-electron chi connectivity index (χ1n) is 4.60. The zero-order valence-electron chi connectivity index (χ0n) is 8.11. The van der Waals surface area contributed by atoms with Crippen molar-refractivity contribution in [3.63, 3.8) is 0 Å². The summed E-state index contributed by atoms with van der Waals surface area (Å²) in [4.78, 5) is 10.1. The van der Waals surface area contributed by atoms with E-state index in [0.29, 0.717) is 6.54 Å².